The summed E-state index contributed by atoms with van der Waals surface area (Å²) in [6.07, 6.45) is 5.37. The van der Waals surface area contributed by atoms with E-state index in [-0.39, 0.29) is 11.8 Å². The molecule has 0 bridgehead atoms. The second-order valence-corrected chi connectivity index (χ2v) is 7.53. The lowest BCUT2D eigenvalue weighted by Gasteiger charge is -2.32. The number of benzene rings is 1. The maximum atomic E-state index is 12.8. The highest BCUT2D eigenvalue weighted by atomic mass is 16.5. The van der Waals surface area contributed by atoms with Crippen molar-refractivity contribution in [3.63, 3.8) is 0 Å². The van der Waals surface area contributed by atoms with E-state index in [1.54, 1.807) is 13.3 Å². The number of pyridine rings is 1. The molecule has 0 atom stereocenters. The molecule has 0 unspecified atom stereocenters. The van der Waals surface area contributed by atoms with E-state index in [4.69, 9.17) is 9.72 Å². The fraction of sp³-hybridized carbons (Fsp3) is 0.261. The molecule has 0 radical (unpaired) electrons. The number of aromatic nitrogens is 3. The van der Waals surface area contributed by atoms with Gasteiger partial charge in [0.25, 0.3) is 0 Å². The number of nitrogens with zero attached hydrogens (tertiary/aromatic N) is 4. The molecule has 7 heteroatoms. The molecule has 4 aromatic rings. The number of ether oxygens (including phenoxy) is 1. The molecule has 1 aliphatic heterocycles. The van der Waals surface area contributed by atoms with E-state index in [0.29, 0.717) is 0 Å². The smallest absolute Gasteiger partial charge is 0.227 e. The van der Waals surface area contributed by atoms with Gasteiger partial charge in [-0.2, -0.15) is 0 Å². The van der Waals surface area contributed by atoms with Crippen molar-refractivity contribution < 1.29 is 9.53 Å². The van der Waals surface area contributed by atoms with E-state index in [2.05, 4.69) is 25.7 Å². The highest BCUT2D eigenvalue weighted by molar-refractivity contribution is 5.93. The Balaban J connectivity index is 1.32. The van der Waals surface area contributed by atoms with Crippen molar-refractivity contribution in [2.24, 2.45) is 5.92 Å². The van der Waals surface area contributed by atoms with Gasteiger partial charge in [0.15, 0.2) is 11.5 Å². The number of hydrogen-bond donors (Lipinski definition) is 1. The number of anilines is 2. The van der Waals surface area contributed by atoms with Crippen LogP contribution >= 0.6 is 0 Å². The van der Waals surface area contributed by atoms with Crippen LogP contribution in [-0.2, 0) is 4.79 Å². The third kappa shape index (κ3) is 3.32. The van der Waals surface area contributed by atoms with E-state index in [0.717, 1.165) is 59.9 Å². The number of amides is 1. The molecule has 7 nitrogen and oxygen atoms in total. The number of fused-ring (bicyclic) bond motifs is 3. The average Bonchev–Trinajstić information content (AvgIpc) is 3.29. The Morgan fingerprint density at radius 3 is 2.77 bits per heavy atom. The molecule has 1 saturated heterocycles. The molecule has 0 saturated carbocycles. The summed E-state index contributed by atoms with van der Waals surface area (Å²) in [5, 5.41) is 3.02. The van der Waals surface area contributed by atoms with Crippen LogP contribution in [0.25, 0.3) is 16.7 Å². The summed E-state index contributed by atoms with van der Waals surface area (Å²) in [4.78, 5) is 24.3. The summed E-state index contributed by atoms with van der Waals surface area (Å²) < 4.78 is 7.36. The number of piperidine rings is 1. The van der Waals surface area contributed by atoms with Crippen LogP contribution in [0.1, 0.15) is 12.8 Å². The lowest BCUT2D eigenvalue weighted by Crippen LogP contribution is -2.38. The normalized spacial score (nSPS) is 14.9. The first-order valence-corrected chi connectivity index (χ1v) is 10.1. The molecule has 0 aliphatic carbocycles. The molecule has 0 spiro atoms. The highest BCUT2D eigenvalue weighted by Gasteiger charge is 2.27. The molecular weight excluding hydrogens is 378 g/mol. The fourth-order valence-electron chi connectivity index (χ4n) is 4.12. The molecular formula is C23H23N5O2. The molecule has 1 fully saturated rings. The van der Waals surface area contributed by atoms with E-state index >= 15 is 0 Å². The van der Waals surface area contributed by atoms with Crippen LogP contribution in [0.2, 0.25) is 0 Å². The summed E-state index contributed by atoms with van der Waals surface area (Å²) in [7, 11) is 1.62. The predicted octanol–water partition coefficient (Wildman–Crippen LogP) is 3.75. The quantitative estimate of drug-likeness (QED) is 0.564. The summed E-state index contributed by atoms with van der Waals surface area (Å²) in [6.45, 7) is 1.56. The Kier molecular flexibility index (Phi) is 4.71. The third-order valence-corrected chi connectivity index (χ3v) is 5.72. The summed E-state index contributed by atoms with van der Waals surface area (Å²) in [5.74, 6) is 1.70. The minimum atomic E-state index is -0.0196. The van der Waals surface area contributed by atoms with Crippen molar-refractivity contribution >= 4 is 34.1 Å². The minimum absolute atomic E-state index is 0.0196. The molecule has 30 heavy (non-hydrogen) atoms. The Labute approximate surface area is 174 Å². The summed E-state index contributed by atoms with van der Waals surface area (Å²) in [6, 6.07) is 15.5. The van der Waals surface area contributed by atoms with E-state index in [1.807, 2.05) is 48.7 Å². The van der Waals surface area contributed by atoms with E-state index < -0.39 is 0 Å². The Bertz CT molecular complexity index is 1210. The first-order valence-electron chi connectivity index (χ1n) is 10.1. The van der Waals surface area contributed by atoms with Gasteiger partial charge in [-0.15, -0.1) is 0 Å². The third-order valence-electron chi connectivity index (χ3n) is 5.72. The van der Waals surface area contributed by atoms with Gasteiger partial charge in [0, 0.05) is 43.2 Å². The molecule has 1 aromatic carbocycles. The lowest BCUT2D eigenvalue weighted by atomic mass is 9.95. The zero-order valence-electron chi connectivity index (χ0n) is 16.8. The Morgan fingerprint density at radius 2 is 1.93 bits per heavy atom. The SMILES string of the molecule is COc1cccc(NC(=O)C2CCN(c3nc4ncccc4n4cccc34)CC2)c1. The van der Waals surface area contributed by atoms with Gasteiger partial charge in [0.05, 0.1) is 18.1 Å². The first kappa shape index (κ1) is 18.4. The van der Waals surface area contributed by atoms with Crippen molar-refractivity contribution in [2.45, 2.75) is 12.8 Å². The lowest BCUT2D eigenvalue weighted by molar-refractivity contribution is -0.120. The van der Waals surface area contributed by atoms with Crippen molar-refractivity contribution in [1.29, 1.82) is 0 Å². The number of carbonyl (C=O) groups is 1. The number of hydrogen-bond acceptors (Lipinski definition) is 5. The van der Waals surface area contributed by atoms with Gasteiger partial charge < -0.3 is 19.4 Å². The second-order valence-electron chi connectivity index (χ2n) is 7.53. The number of rotatable bonds is 4. The van der Waals surface area contributed by atoms with Crippen LogP contribution in [0.3, 0.4) is 0 Å². The molecule has 152 valence electrons. The maximum Gasteiger partial charge on any atom is 0.227 e. The predicted molar refractivity (Wildman–Crippen MR) is 117 cm³/mol. The Hall–Kier alpha value is -3.61. The average molecular weight is 401 g/mol. The fourth-order valence-corrected chi connectivity index (χ4v) is 4.12. The minimum Gasteiger partial charge on any atom is -0.497 e. The van der Waals surface area contributed by atoms with Gasteiger partial charge in [-0.05, 0) is 49.2 Å². The summed E-state index contributed by atoms with van der Waals surface area (Å²) >= 11 is 0. The Morgan fingerprint density at radius 1 is 1.10 bits per heavy atom. The first-order chi connectivity index (χ1) is 14.7. The van der Waals surface area contributed by atoms with Crippen molar-refractivity contribution in [2.75, 3.05) is 30.4 Å². The second kappa shape index (κ2) is 7.67. The standard InChI is InChI=1S/C23H23N5O2/c1-30-18-6-2-5-17(15-18)25-23(29)16-9-13-27(14-10-16)22-20-8-4-12-28(20)19-7-3-11-24-21(19)26-22/h2-8,11-12,15-16H,9-10,13-14H2,1H3,(H,25,29). The van der Waals surface area contributed by atoms with Crippen LogP contribution in [0.4, 0.5) is 11.5 Å². The largest absolute Gasteiger partial charge is 0.497 e. The highest BCUT2D eigenvalue weighted by Crippen LogP contribution is 2.29. The number of carbonyl (C=O) groups excluding carboxylic acids is 1. The van der Waals surface area contributed by atoms with Crippen LogP contribution in [-0.4, -0.2) is 40.5 Å². The van der Waals surface area contributed by atoms with Crippen LogP contribution in [0, 0.1) is 5.92 Å². The topological polar surface area (TPSA) is 71.8 Å². The van der Waals surface area contributed by atoms with E-state index in [9.17, 15) is 4.79 Å². The van der Waals surface area contributed by atoms with Crippen molar-refractivity contribution in [3.8, 4) is 5.75 Å². The molecule has 1 N–H and O–H groups in total. The van der Waals surface area contributed by atoms with Crippen LogP contribution in [0.15, 0.2) is 60.9 Å². The zero-order chi connectivity index (χ0) is 20.5. The van der Waals surface area contributed by atoms with Crippen LogP contribution < -0.4 is 15.0 Å². The van der Waals surface area contributed by atoms with E-state index in [1.165, 1.54) is 0 Å². The van der Waals surface area contributed by atoms with Gasteiger partial charge in [-0.25, -0.2) is 9.97 Å². The molecule has 4 heterocycles. The number of methoxy groups -OCH3 is 1. The van der Waals surface area contributed by atoms with Gasteiger partial charge in [0.2, 0.25) is 5.91 Å². The van der Waals surface area contributed by atoms with Gasteiger partial charge in [0.1, 0.15) is 5.75 Å². The van der Waals surface area contributed by atoms with Crippen molar-refractivity contribution in [1.82, 2.24) is 14.4 Å². The monoisotopic (exact) mass is 401 g/mol. The molecule has 3 aromatic heterocycles. The number of nitrogens with one attached hydrogen (secondary N) is 1. The van der Waals surface area contributed by atoms with Crippen molar-refractivity contribution in [3.05, 3.63) is 60.9 Å². The molecule has 1 aliphatic rings. The molecule has 5 rings (SSSR count). The van der Waals surface area contributed by atoms with Gasteiger partial charge in [-0.1, -0.05) is 6.07 Å². The summed E-state index contributed by atoms with van der Waals surface area (Å²) in [5.41, 5.74) is 3.55. The maximum absolute atomic E-state index is 12.8. The van der Waals surface area contributed by atoms with Gasteiger partial charge in [-0.3, -0.25) is 4.79 Å². The zero-order valence-corrected chi connectivity index (χ0v) is 16.8. The van der Waals surface area contributed by atoms with Gasteiger partial charge >= 0.3 is 0 Å². The van der Waals surface area contributed by atoms with Crippen LogP contribution in [0.5, 0.6) is 5.75 Å². The molecule has 1 amide bonds.